The number of carbonyl (C=O) groups is 2. The topological polar surface area (TPSA) is 73.9 Å². The van der Waals surface area contributed by atoms with E-state index in [1.165, 1.54) is 14.2 Å². The molecule has 6 nitrogen and oxygen atoms in total. The van der Waals surface area contributed by atoms with Gasteiger partial charge in [0.15, 0.2) is 0 Å². The molecule has 120 valence electrons. The van der Waals surface area contributed by atoms with Crippen LogP contribution in [0.5, 0.6) is 5.75 Å². The highest BCUT2D eigenvalue weighted by atomic mass is 16.5. The molecule has 0 aliphatic carbocycles. The lowest BCUT2D eigenvalue weighted by Gasteiger charge is -2.11. The normalized spacial score (nSPS) is 10.8. The lowest BCUT2D eigenvalue weighted by molar-refractivity contribution is -0.138. The van der Waals surface area contributed by atoms with Gasteiger partial charge < -0.3 is 19.5 Å². The van der Waals surface area contributed by atoms with E-state index in [-0.39, 0.29) is 5.70 Å². The number of anilines is 1. The minimum Gasteiger partial charge on any atom is -0.494 e. The zero-order valence-corrected chi connectivity index (χ0v) is 13.0. The van der Waals surface area contributed by atoms with Crippen molar-refractivity contribution in [3.63, 3.8) is 0 Å². The van der Waals surface area contributed by atoms with Gasteiger partial charge in [-0.3, -0.25) is 0 Å². The third-order valence-corrected chi connectivity index (χ3v) is 2.75. The van der Waals surface area contributed by atoms with Crippen LogP contribution in [0.2, 0.25) is 0 Å². The first-order chi connectivity index (χ1) is 10.6. The van der Waals surface area contributed by atoms with E-state index in [2.05, 4.69) is 21.7 Å². The summed E-state index contributed by atoms with van der Waals surface area (Å²) in [7, 11) is 2.47. The molecule has 0 bridgehead atoms. The summed E-state index contributed by atoms with van der Waals surface area (Å²) in [5, 5.41) is 2.83. The Labute approximate surface area is 130 Å². The van der Waals surface area contributed by atoms with Crippen molar-refractivity contribution in [2.75, 3.05) is 26.1 Å². The molecule has 0 saturated carbocycles. The standard InChI is InChI=1S/C16H21NO5/c1-4-5-9-22-13-8-6-7-12(10-13)17-14(16(19)21-3)11-15(18)20-2/h6-8,10-11,17H,4-5,9H2,1-3H3/b14-11+. The molecule has 0 saturated heterocycles. The van der Waals surface area contributed by atoms with Gasteiger partial charge in [0.25, 0.3) is 0 Å². The van der Waals surface area contributed by atoms with Gasteiger partial charge in [-0.25, -0.2) is 9.59 Å². The highest BCUT2D eigenvalue weighted by Crippen LogP contribution is 2.19. The summed E-state index contributed by atoms with van der Waals surface area (Å²) in [6, 6.07) is 7.10. The molecule has 0 fully saturated rings. The number of unbranched alkanes of at least 4 members (excludes halogenated alkanes) is 1. The van der Waals surface area contributed by atoms with Crippen molar-refractivity contribution in [3.05, 3.63) is 36.0 Å². The maximum atomic E-state index is 11.7. The van der Waals surface area contributed by atoms with Crippen LogP contribution in [-0.2, 0) is 19.1 Å². The van der Waals surface area contributed by atoms with Gasteiger partial charge in [-0.1, -0.05) is 19.4 Å². The monoisotopic (exact) mass is 307 g/mol. The Kier molecular flexibility index (Phi) is 7.53. The highest BCUT2D eigenvalue weighted by molar-refractivity contribution is 5.98. The number of nitrogens with one attached hydrogen (secondary N) is 1. The summed E-state index contributed by atoms with van der Waals surface area (Å²) < 4.78 is 14.7. The molecule has 0 atom stereocenters. The second kappa shape index (κ2) is 9.44. The maximum absolute atomic E-state index is 11.7. The number of benzene rings is 1. The molecule has 0 spiro atoms. The lowest BCUT2D eigenvalue weighted by Crippen LogP contribution is -2.15. The zero-order chi connectivity index (χ0) is 16.4. The number of carbonyl (C=O) groups excluding carboxylic acids is 2. The van der Waals surface area contributed by atoms with Crippen molar-refractivity contribution in [2.45, 2.75) is 19.8 Å². The Hall–Kier alpha value is -2.50. The number of rotatable bonds is 8. The van der Waals surface area contributed by atoms with Crippen molar-refractivity contribution < 1.29 is 23.8 Å². The molecule has 0 radical (unpaired) electrons. The lowest BCUT2D eigenvalue weighted by atomic mass is 10.2. The summed E-state index contributed by atoms with van der Waals surface area (Å²) in [5.74, 6) is -0.633. The van der Waals surface area contributed by atoms with Gasteiger partial charge >= 0.3 is 11.9 Å². The van der Waals surface area contributed by atoms with E-state index >= 15 is 0 Å². The molecule has 1 N–H and O–H groups in total. The number of hydrogen-bond acceptors (Lipinski definition) is 6. The van der Waals surface area contributed by atoms with E-state index in [0.29, 0.717) is 18.0 Å². The second-order valence-electron chi connectivity index (χ2n) is 4.43. The SMILES string of the molecule is CCCCOc1cccc(N/C(=C/C(=O)OC)C(=O)OC)c1. The van der Waals surface area contributed by atoms with Gasteiger partial charge in [-0.05, 0) is 18.6 Å². The van der Waals surface area contributed by atoms with Gasteiger partial charge in [-0.2, -0.15) is 0 Å². The van der Waals surface area contributed by atoms with Crippen LogP contribution in [-0.4, -0.2) is 32.8 Å². The van der Waals surface area contributed by atoms with E-state index in [9.17, 15) is 9.59 Å². The molecule has 0 amide bonds. The number of methoxy groups -OCH3 is 2. The molecular formula is C16H21NO5. The van der Waals surface area contributed by atoms with Gasteiger partial charge in [0.1, 0.15) is 11.4 Å². The fourth-order valence-corrected chi connectivity index (χ4v) is 1.59. The first-order valence-corrected chi connectivity index (χ1v) is 6.98. The van der Waals surface area contributed by atoms with E-state index in [0.717, 1.165) is 18.9 Å². The molecule has 1 aromatic carbocycles. The molecule has 0 unspecified atom stereocenters. The Morgan fingerprint density at radius 2 is 2.00 bits per heavy atom. The minimum atomic E-state index is -0.664. The van der Waals surface area contributed by atoms with Gasteiger partial charge in [0.2, 0.25) is 0 Å². The van der Waals surface area contributed by atoms with Crippen LogP contribution in [0.4, 0.5) is 5.69 Å². The summed E-state index contributed by atoms with van der Waals surface area (Å²) >= 11 is 0. The molecule has 0 heterocycles. The van der Waals surface area contributed by atoms with Crippen molar-refractivity contribution in [1.29, 1.82) is 0 Å². The quantitative estimate of drug-likeness (QED) is 0.452. The van der Waals surface area contributed by atoms with Crippen LogP contribution < -0.4 is 10.1 Å². The number of esters is 2. The Morgan fingerprint density at radius 3 is 2.64 bits per heavy atom. The zero-order valence-electron chi connectivity index (χ0n) is 13.0. The van der Waals surface area contributed by atoms with Crippen LogP contribution in [0.3, 0.4) is 0 Å². The summed E-state index contributed by atoms with van der Waals surface area (Å²) in [6.45, 7) is 2.71. The molecule has 0 aliphatic rings. The Bertz CT molecular complexity index is 539. The fraction of sp³-hybridized carbons (Fsp3) is 0.375. The first-order valence-electron chi connectivity index (χ1n) is 6.98. The number of ether oxygens (including phenoxy) is 3. The molecule has 22 heavy (non-hydrogen) atoms. The van der Waals surface area contributed by atoms with Crippen molar-refractivity contribution in [1.82, 2.24) is 0 Å². The molecule has 1 rings (SSSR count). The highest BCUT2D eigenvalue weighted by Gasteiger charge is 2.13. The van der Waals surface area contributed by atoms with Gasteiger partial charge in [0, 0.05) is 11.8 Å². The van der Waals surface area contributed by atoms with E-state index in [1.807, 2.05) is 6.07 Å². The van der Waals surface area contributed by atoms with Crippen LogP contribution >= 0.6 is 0 Å². The minimum absolute atomic E-state index is 0.0138. The van der Waals surface area contributed by atoms with E-state index in [1.54, 1.807) is 18.2 Å². The summed E-state index contributed by atoms with van der Waals surface area (Å²) in [4.78, 5) is 23.0. The molecule has 6 heteroatoms. The number of hydrogen-bond donors (Lipinski definition) is 1. The molecule has 0 aromatic heterocycles. The summed E-state index contributed by atoms with van der Waals surface area (Å²) in [6.07, 6.45) is 3.05. The third kappa shape index (κ3) is 5.87. The van der Waals surface area contributed by atoms with Crippen molar-refractivity contribution >= 4 is 17.6 Å². The second-order valence-corrected chi connectivity index (χ2v) is 4.43. The van der Waals surface area contributed by atoms with Crippen LogP contribution in [0, 0.1) is 0 Å². The molecule has 0 aliphatic heterocycles. The molecular weight excluding hydrogens is 286 g/mol. The Morgan fingerprint density at radius 1 is 1.23 bits per heavy atom. The van der Waals surface area contributed by atoms with Crippen LogP contribution in [0.1, 0.15) is 19.8 Å². The first kappa shape index (κ1) is 17.6. The largest absolute Gasteiger partial charge is 0.494 e. The predicted molar refractivity (Wildman–Crippen MR) is 82.6 cm³/mol. The van der Waals surface area contributed by atoms with Crippen molar-refractivity contribution in [2.24, 2.45) is 0 Å². The predicted octanol–water partition coefficient (Wildman–Crippen LogP) is 2.51. The van der Waals surface area contributed by atoms with Crippen LogP contribution in [0.15, 0.2) is 36.0 Å². The van der Waals surface area contributed by atoms with Gasteiger partial charge in [0.05, 0.1) is 26.9 Å². The average Bonchev–Trinajstić information content (AvgIpc) is 2.54. The third-order valence-electron chi connectivity index (χ3n) is 2.75. The summed E-state index contributed by atoms with van der Waals surface area (Å²) in [5.41, 5.74) is 0.592. The average molecular weight is 307 g/mol. The van der Waals surface area contributed by atoms with Crippen LogP contribution in [0.25, 0.3) is 0 Å². The van der Waals surface area contributed by atoms with Gasteiger partial charge in [-0.15, -0.1) is 0 Å². The van der Waals surface area contributed by atoms with E-state index < -0.39 is 11.9 Å². The maximum Gasteiger partial charge on any atom is 0.354 e. The smallest absolute Gasteiger partial charge is 0.354 e. The van der Waals surface area contributed by atoms with Crippen molar-refractivity contribution in [3.8, 4) is 5.75 Å². The van der Waals surface area contributed by atoms with E-state index in [4.69, 9.17) is 4.74 Å². The Balaban J connectivity index is 2.84. The fourth-order valence-electron chi connectivity index (χ4n) is 1.59. The molecule has 1 aromatic rings.